The number of piperidine rings is 1. The van der Waals surface area contributed by atoms with Crippen LogP contribution in [0.1, 0.15) is 30.9 Å². The Kier molecular flexibility index (Phi) is 4.80. The van der Waals surface area contributed by atoms with Crippen molar-refractivity contribution in [3.63, 3.8) is 0 Å². The first-order chi connectivity index (χ1) is 12.7. The van der Waals surface area contributed by atoms with Crippen LogP contribution in [-0.2, 0) is 4.79 Å². The minimum atomic E-state index is -0.619. The number of nitrogen functional groups attached to an aromatic ring is 1. The zero-order valence-electron chi connectivity index (χ0n) is 14.9. The molecule has 2 N–H and O–H groups in total. The van der Waals surface area contributed by atoms with Gasteiger partial charge in [0, 0.05) is 30.4 Å². The van der Waals surface area contributed by atoms with E-state index in [2.05, 4.69) is 4.90 Å². The van der Waals surface area contributed by atoms with Crippen LogP contribution in [0.4, 0.5) is 11.4 Å². The Morgan fingerprint density at radius 3 is 2.54 bits per heavy atom. The third kappa shape index (κ3) is 3.40. The van der Waals surface area contributed by atoms with Gasteiger partial charge < -0.3 is 20.3 Å². The van der Waals surface area contributed by atoms with Crippen LogP contribution in [0, 0.1) is 0 Å². The molecule has 0 radical (unpaired) electrons. The van der Waals surface area contributed by atoms with Crippen molar-refractivity contribution in [2.24, 2.45) is 0 Å². The molecule has 1 unspecified atom stereocenters. The highest BCUT2D eigenvalue weighted by molar-refractivity contribution is 6.00. The third-order valence-corrected chi connectivity index (χ3v) is 5.20. The summed E-state index contributed by atoms with van der Waals surface area (Å²) in [6.45, 7) is 3.80. The van der Waals surface area contributed by atoms with Gasteiger partial charge in [0.15, 0.2) is 0 Å². The molecule has 2 aromatic rings. The molecule has 0 aromatic heterocycles. The topological polar surface area (TPSA) is 58.8 Å². The minimum absolute atomic E-state index is 0.00881. The molecule has 2 aliphatic heterocycles. The first-order valence-corrected chi connectivity index (χ1v) is 9.37. The Morgan fingerprint density at radius 1 is 1.00 bits per heavy atom. The van der Waals surface area contributed by atoms with Crippen LogP contribution >= 0.6 is 0 Å². The molecule has 1 fully saturated rings. The largest absolute Gasteiger partial charge is 0.474 e. The van der Waals surface area contributed by atoms with E-state index in [0.717, 1.165) is 30.9 Å². The van der Waals surface area contributed by atoms with Crippen LogP contribution in [0.25, 0.3) is 0 Å². The average Bonchev–Trinajstić information content (AvgIpc) is 2.68. The van der Waals surface area contributed by atoms with E-state index in [1.165, 1.54) is 19.3 Å². The van der Waals surface area contributed by atoms with Crippen molar-refractivity contribution >= 4 is 17.3 Å². The Balaban J connectivity index is 1.61. The molecule has 0 saturated carbocycles. The lowest BCUT2D eigenvalue weighted by Crippen LogP contribution is -2.45. The minimum Gasteiger partial charge on any atom is -0.474 e. The van der Waals surface area contributed by atoms with Crippen LogP contribution < -0.4 is 15.4 Å². The van der Waals surface area contributed by atoms with Crippen molar-refractivity contribution in [2.45, 2.75) is 25.4 Å². The summed E-state index contributed by atoms with van der Waals surface area (Å²) in [6, 6.07) is 15.2. The van der Waals surface area contributed by atoms with E-state index >= 15 is 0 Å². The number of likely N-dealkylation sites (tertiary alicyclic amines) is 1. The fourth-order valence-corrected chi connectivity index (χ4v) is 3.78. The molecule has 4 rings (SSSR count). The maximum atomic E-state index is 13.2. The number of fused-ring (bicyclic) bond motifs is 1. The molecular weight excluding hydrogens is 326 g/mol. The summed E-state index contributed by atoms with van der Waals surface area (Å²) in [5.74, 6) is 0.669. The van der Waals surface area contributed by atoms with E-state index in [1.54, 1.807) is 0 Å². The van der Waals surface area contributed by atoms with Crippen molar-refractivity contribution in [3.05, 3.63) is 54.1 Å². The van der Waals surface area contributed by atoms with Gasteiger partial charge in [-0.2, -0.15) is 0 Å². The van der Waals surface area contributed by atoms with E-state index < -0.39 is 6.10 Å². The molecule has 2 heterocycles. The standard InChI is InChI=1S/C21H25N3O2/c22-17-9-10-18-19(15-17)26-20(16-7-3-1-4-8-16)21(25)24(18)14-13-23-11-5-2-6-12-23/h1,3-4,7-10,15,20H,2,5-6,11-14,22H2. The van der Waals surface area contributed by atoms with Gasteiger partial charge in [0.2, 0.25) is 6.10 Å². The number of anilines is 2. The molecule has 136 valence electrons. The lowest BCUT2D eigenvalue weighted by Gasteiger charge is -2.36. The van der Waals surface area contributed by atoms with Crippen LogP contribution in [0.2, 0.25) is 0 Å². The molecule has 1 saturated heterocycles. The average molecular weight is 351 g/mol. The molecular formula is C21H25N3O2. The summed E-state index contributed by atoms with van der Waals surface area (Å²) in [5, 5.41) is 0. The van der Waals surface area contributed by atoms with Crippen LogP contribution in [0.15, 0.2) is 48.5 Å². The molecule has 1 amide bonds. The number of hydrogen-bond donors (Lipinski definition) is 1. The lowest BCUT2D eigenvalue weighted by molar-refractivity contribution is -0.126. The Hall–Kier alpha value is -2.53. The molecule has 0 spiro atoms. The van der Waals surface area contributed by atoms with Crippen LogP contribution in [0.3, 0.4) is 0 Å². The van der Waals surface area contributed by atoms with Crippen molar-refractivity contribution in [1.82, 2.24) is 4.90 Å². The summed E-state index contributed by atoms with van der Waals surface area (Å²) >= 11 is 0. The normalized spacial score (nSPS) is 20.5. The summed E-state index contributed by atoms with van der Waals surface area (Å²) < 4.78 is 6.05. The summed E-state index contributed by atoms with van der Waals surface area (Å²) in [6.07, 6.45) is 3.19. The summed E-state index contributed by atoms with van der Waals surface area (Å²) in [7, 11) is 0. The van der Waals surface area contributed by atoms with Gasteiger partial charge in [-0.25, -0.2) is 0 Å². The predicted molar refractivity (Wildman–Crippen MR) is 103 cm³/mol. The first kappa shape index (κ1) is 16.9. The highest BCUT2D eigenvalue weighted by atomic mass is 16.5. The van der Waals surface area contributed by atoms with E-state index in [0.29, 0.717) is 18.0 Å². The Bertz CT molecular complexity index is 772. The SMILES string of the molecule is Nc1ccc2c(c1)OC(c1ccccc1)C(=O)N2CCN1CCCCC1. The number of nitrogens with zero attached hydrogens (tertiary/aromatic N) is 2. The molecule has 2 aromatic carbocycles. The van der Waals surface area contributed by atoms with Crippen LogP contribution in [0.5, 0.6) is 5.75 Å². The molecule has 0 aliphatic carbocycles. The fraction of sp³-hybridized carbons (Fsp3) is 0.381. The van der Waals surface area contributed by atoms with E-state index in [-0.39, 0.29) is 5.91 Å². The lowest BCUT2D eigenvalue weighted by atomic mass is 10.0. The molecule has 26 heavy (non-hydrogen) atoms. The van der Waals surface area contributed by atoms with Gasteiger partial charge in [0.25, 0.3) is 5.91 Å². The van der Waals surface area contributed by atoms with Crippen molar-refractivity contribution in [3.8, 4) is 5.75 Å². The number of amides is 1. The van der Waals surface area contributed by atoms with Gasteiger partial charge in [-0.1, -0.05) is 36.8 Å². The van der Waals surface area contributed by atoms with Crippen LogP contribution in [-0.4, -0.2) is 37.0 Å². The third-order valence-electron chi connectivity index (χ3n) is 5.20. The second kappa shape index (κ2) is 7.38. The predicted octanol–water partition coefficient (Wildman–Crippen LogP) is 3.22. The Morgan fingerprint density at radius 2 is 1.77 bits per heavy atom. The smallest absolute Gasteiger partial charge is 0.272 e. The maximum absolute atomic E-state index is 13.2. The van der Waals surface area contributed by atoms with E-state index in [1.807, 2.05) is 53.4 Å². The van der Waals surface area contributed by atoms with Gasteiger partial charge >= 0.3 is 0 Å². The van der Waals surface area contributed by atoms with Crippen molar-refractivity contribution in [2.75, 3.05) is 36.8 Å². The van der Waals surface area contributed by atoms with E-state index in [4.69, 9.17) is 10.5 Å². The van der Waals surface area contributed by atoms with Gasteiger partial charge in [-0.05, 0) is 38.1 Å². The molecule has 0 bridgehead atoms. The number of carbonyl (C=O) groups is 1. The number of nitrogens with two attached hydrogens (primary N) is 1. The van der Waals surface area contributed by atoms with Gasteiger partial charge in [-0.3, -0.25) is 4.79 Å². The number of benzene rings is 2. The van der Waals surface area contributed by atoms with Crippen molar-refractivity contribution < 1.29 is 9.53 Å². The molecule has 1 atom stereocenters. The number of ether oxygens (including phenoxy) is 1. The summed E-state index contributed by atoms with van der Waals surface area (Å²) in [4.78, 5) is 17.5. The molecule has 5 nitrogen and oxygen atoms in total. The zero-order valence-corrected chi connectivity index (χ0v) is 14.9. The van der Waals surface area contributed by atoms with Crippen molar-refractivity contribution in [1.29, 1.82) is 0 Å². The van der Waals surface area contributed by atoms with Gasteiger partial charge in [0.05, 0.1) is 5.69 Å². The van der Waals surface area contributed by atoms with Gasteiger partial charge in [-0.15, -0.1) is 0 Å². The second-order valence-electron chi connectivity index (χ2n) is 7.03. The fourth-order valence-electron chi connectivity index (χ4n) is 3.78. The monoisotopic (exact) mass is 351 g/mol. The van der Waals surface area contributed by atoms with E-state index in [9.17, 15) is 4.79 Å². The number of carbonyl (C=O) groups excluding carboxylic acids is 1. The second-order valence-corrected chi connectivity index (χ2v) is 7.03. The number of rotatable bonds is 4. The number of hydrogen-bond acceptors (Lipinski definition) is 4. The molecule has 5 heteroatoms. The quantitative estimate of drug-likeness (QED) is 0.859. The first-order valence-electron chi connectivity index (χ1n) is 9.37. The molecule has 2 aliphatic rings. The summed E-state index contributed by atoms with van der Waals surface area (Å²) in [5.41, 5.74) is 8.27. The zero-order chi connectivity index (χ0) is 17.9. The van der Waals surface area contributed by atoms with Gasteiger partial charge in [0.1, 0.15) is 5.75 Å². The highest BCUT2D eigenvalue weighted by Gasteiger charge is 2.35. The highest BCUT2D eigenvalue weighted by Crippen LogP contribution is 2.40. The maximum Gasteiger partial charge on any atom is 0.272 e. The Labute approximate surface area is 154 Å².